The smallest absolute Gasteiger partial charge is 0.237 e. The summed E-state index contributed by atoms with van der Waals surface area (Å²) in [4.78, 5) is 26.7. The first kappa shape index (κ1) is 16.4. The predicted molar refractivity (Wildman–Crippen MR) is 96.1 cm³/mol. The number of carbonyl (C=O) groups is 2. The molecule has 0 saturated carbocycles. The van der Waals surface area contributed by atoms with E-state index < -0.39 is 0 Å². The van der Waals surface area contributed by atoms with Gasteiger partial charge in [-0.25, -0.2) is 0 Å². The van der Waals surface area contributed by atoms with Gasteiger partial charge in [-0.2, -0.15) is 0 Å². The quantitative estimate of drug-likeness (QED) is 0.800. The highest BCUT2D eigenvalue weighted by Gasteiger charge is 2.39. The van der Waals surface area contributed by atoms with Crippen LogP contribution in [0.4, 0.5) is 5.69 Å². The molecule has 0 bridgehead atoms. The molecule has 2 amide bonds. The van der Waals surface area contributed by atoms with Gasteiger partial charge >= 0.3 is 0 Å². The molecule has 0 spiro atoms. The molecule has 0 aliphatic carbocycles. The zero-order valence-electron chi connectivity index (χ0n) is 14.7. The van der Waals surface area contributed by atoms with E-state index in [0.29, 0.717) is 12.8 Å². The van der Waals surface area contributed by atoms with Crippen molar-refractivity contribution in [2.24, 2.45) is 5.92 Å². The van der Waals surface area contributed by atoms with Crippen LogP contribution in [0, 0.1) is 33.6 Å². The molecule has 3 heteroatoms. The summed E-state index contributed by atoms with van der Waals surface area (Å²) >= 11 is 0. The Kier molecular flexibility index (Phi) is 4.27. The molecule has 3 rings (SSSR count). The van der Waals surface area contributed by atoms with Crippen LogP contribution in [0.5, 0.6) is 0 Å². The highest BCUT2D eigenvalue weighted by molar-refractivity contribution is 6.21. The molecule has 1 aliphatic heterocycles. The van der Waals surface area contributed by atoms with E-state index in [0.717, 1.165) is 22.4 Å². The average molecular weight is 321 g/mol. The first-order valence-corrected chi connectivity index (χ1v) is 8.36. The van der Waals surface area contributed by atoms with Crippen LogP contribution in [-0.2, 0) is 16.0 Å². The number of imide groups is 1. The lowest BCUT2D eigenvalue weighted by molar-refractivity contribution is -0.122. The minimum atomic E-state index is -0.265. The van der Waals surface area contributed by atoms with Crippen molar-refractivity contribution in [2.75, 3.05) is 4.90 Å². The molecule has 124 valence electrons. The second-order valence-electron chi connectivity index (χ2n) is 6.96. The topological polar surface area (TPSA) is 37.4 Å². The second kappa shape index (κ2) is 6.23. The minimum Gasteiger partial charge on any atom is -0.274 e. The van der Waals surface area contributed by atoms with Crippen molar-refractivity contribution in [3.8, 4) is 0 Å². The van der Waals surface area contributed by atoms with Gasteiger partial charge in [-0.1, -0.05) is 41.5 Å². The molecule has 1 saturated heterocycles. The van der Waals surface area contributed by atoms with Gasteiger partial charge in [0.15, 0.2) is 0 Å². The maximum atomic E-state index is 12.9. The summed E-state index contributed by atoms with van der Waals surface area (Å²) in [5.41, 5.74) is 6.24. The number of carbonyl (C=O) groups excluding carboxylic acids is 2. The number of benzene rings is 2. The number of anilines is 1. The largest absolute Gasteiger partial charge is 0.274 e. The van der Waals surface area contributed by atoms with Gasteiger partial charge in [0, 0.05) is 6.42 Å². The van der Waals surface area contributed by atoms with Crippen LogP contribution >= 0.6 is 0 Å². The summed E-state index contributed by atoms with van der Waals surface area (Å²) in [6, 6.07) is 12.2. The third-order valence-corrected chi connectivity index (χ3v) is 4.61. The molecule has 1 heterocycles. The highest BCUT2D eigenvalue weighted by atomic mass is 16.2. The first-order chi connectivity index (χ1) is 11.3. The Hall–Kier alpha value is -2.42. The first-order valence-electron chi connectivity index (χ1n) is 8.36. The lowest BCUT2D eigenvalue weighted by Crippen LogP contribution is -2.31. The van der Waals surface area contributed by atoms with E-state index in [1.165, 1.54) is 16.0 Å². The second-order valence-corrected chi connectivity index (χ2v) is 6.96. The Morgan fingerprint density at radius 3 is 2.25 bits per heavy atom. The molecule has 3 nitrogen and oxygen atoms in total. The van der Waals surface area contributed by atoms with Gasteiger partial charge in [0.25, 0.3) is 0 Å². The van der Waals surface area contributed by atoms with Gasteiger partial charge in [0.2, 0.25) is 11.8 Å². The molecule has 1 aliphatic rings. The number of rotatable bonds is 3. The lowest BCUT2D eigenvalue weighted by atomic mass is 9.95. The van der Waals surface area contributed by atoms with Crippen molar-refractivity contribution in [1.82, 2.24) is 0 Å². The molecule has 2 aromatic carbocycles. The Labute approximate surface area is 143 Å². The van der Waals surface area contributed by atoms with Gasteiger partial charge in [-0.3, -0.25) is 14.5 Å². The van der Waals surface area contributed by atoms with E-state index in [4.69, 9.17) is 0 Å². The van der Waals surface area contributed by atoms with E-state index in [1.807, 2.05) is 32.0 Å². The Bertz CT molecular complexity index is 802. The van der Waals surface area contributed by atoms with Crippen LogP contribution in [0.25, 0.3) is 0 Å². The van der Waals surface area contributed by atoms with E-state index in [1.54, 1.807) is 0 Å². The Morgan fingerprint density at radius 2 is 1.58 bits per heavy atom. The van der Waals surface area contributed by atoms with Crippen LogP contribution in [-0.4, -0.2) is 11.8 Å². The number of amides is 2. The van der Waals surface area contributed by atoms with E-state index in [2.05, 4.69) is 32.0 Å². The maximum absolute atomic E-state index is 12.9. The fourth-order valence-electron chi connectivity index (χ4n) is 3.54. The molecule has 1 fully saturated rings. The van der Waals surface area contributed by atoms with E-state index in [-0.39, 0.29) is 17.7 Å². The molecule has 24 heavy (non-hydrogen) atoms. The Balaban J connectivity index is 1.87. The number of hydrogen-bond acceptors (Lipinski definition) is 2. The van der Waals surface area contributed by atoms with Crippen molar-refractivity contribution in [3.05, 3.63) is 64.2 Å². The summed E-state index contributed by atoms with van der Waals surface area (Å²) in [5, 5.41) is 0. The maximum Gasteiger partial charge on any atom is 0.237 e. The molecular formula is C21H23NO2. The fraction of sp³-hybridized carbons (Fsp3) is 0.333. The molecular weight excluding hydrogens is 298 g/mol. The van der Waals surface area contributed by atoms with Crippen LogP contribution in [0.1, 0.15) is 34.2 Å². The predicted octanol–water partition coefficient (Wildman–Crippen LogP) is 4.04. The van der Waals surface area contributed by atoms with Gasteiger partial charge < -0.3 is 0 Å². The molecule has 2 aromatic rings. The third kappa shape index (κ3) is 3.12. The van der Waals surface area contributed by atoms with Crippen molar-refractivity contribution >= 4 is 17.5 Å². The van der Waals surface area contributed by atoms with Gasteiger partial charge in [-0.15, -0.1) is 0 Å². The molecule has 0 unspecified atom stereocenters. The van der Waals surface area contributed by atoms with Crippen molar-refractivity contribution in [1.29, 1.82) is 0 Å². The monoisotopic (exact) mass is 321 g/mol. The van der Waals surface area contributed by atoms with Crippen LogP contribution < -0.4 is 4.90 Å². The third-order valence-electron chi connectivity index (χ3n) is 4.61. The van der Waals surface area contributed by atoms with Crippen molar-refractivity contribution in [2.45, 2.75) is 40.5 Å². The molecule has 0 radical (unpaired) electrons. The number of hydrogen-bond donors (Lipinski definition) is 0. The summed E-state index contributed by atoms with van der Waals surface area (Å²) in [5.74, 6) is -0.436. The summed E-state index contributed by atoms with van der Waals surface area (Å²) < 4.78 is 0. The van der Waals surface area contributed by atoms with Gasteiger partial charge in [0.1, 0.15) is 0 Å². The molecule has 1 atom stereocenters. The van der Waals surface area contributed by atoms with E-state index >= 15 is 0 Å². The van der Waals surface area contributed by atoms with Crippen molar-refractivity contribution < 1.29 is 9.59 Å². The summed E-state index contributed by atoms with van der Waals surface area (Å²) in [6.45, 7) is 8.02. The van der Waals surface area contributed by atoms with Gasteiger partial charge in [-0.05, 0) is 56.9 Å². The summed E-state index contributed by atoms with van der Waals surface area (Å²) in [6.07, 6.45) is 0.910. The minimum absolute atomic E-state index is 0.0761. The standard InChI is InChI=1S/C21H23NO2/c1-13-5-6-16(4)19(10-13)22-20(23)12-18(21(22)24)11-17-8-14(2)7-15(3)9-17/h5-10,18H,11-12H2,1-4H3/t18-/m1/s1. The average Bonchev–Trinajstić information content (AvgIpc) is 2.75. The van der Waals surface area contributed by atoms with Crippen LogP contribution in [0.2, 0.25) is 0 Å². The van der Waals surface area contributed by atoms with Crippen LogP contribution in [0.15, 0.2) is 36.4 Å². The number of aryl methyl sites for hydroxylation is 4. The molecule has 0 aromatic heterocycles. The lowest BCUT2D eigenvalue weighted by Gasteiger charge is -2.18. The SMILES string of the molecule is Cc1cc(C)cc(C[C@@H]2CC(=O)N(c3cc(C)ccc3C)C2=O)c1. The molecule has 0 N–H and O–H groups in total. The van der Waals surface area contributed by atoms with E-state index in [9.17, 15) is 9.59 Å². The highest BCUT2D eigenvalue weighted by Crippen LogP contribution is 2.31. The van der Waals surface area contributed by atoms with Gasteiger partial charge in [0.05, 0.1) is 11.6 Å². The Morgan fingerprint density at radius 1 is 0.917 bits per heavy atom. The van der Waals surface area contributed by atoms with Crippen LogP contribution in [0.3, 0.4) is 0 Å². The summed E-state index contributed by atoms with van der Waals surface area (Å²) in [7, 11) is 0. The normalized spacial score (nSPS) is 17.7. The van der Waals surface area contributed by atoms with Crippen molar-refractivity contribution in [3.63, 3.8) is 0 Å². The zero-order chi connectivity index (χ0) is 17.4. The number of nitrogens with zero attached hydrogens (tertiary/aromatic N) is 1. The fourth-order valence-corrected chi connectivity index (χ4v) is 3.54. The zero-order valence-corrected chi connectivity index (χ0v) is 14.7.